The highest BCUT2D eigenvalue weighted by atomic mass is 19.1. The zero-order chi connectivity index (χ0) is 14.4. The lowest BCUT2D eigenvalue weighted by Crippen LogP contribution is -2.10. The predicted molar refractivity (Wildman–Crippen MR) is 72.8 cm³/mol. The van der Waals surface area contributed by atoms with Crippen LogP contribution in [0, 0.1) is 5.82 Å². The third kappa shape index (κ3) is 3.40. The van der Waals surface area contributed by atoms with E-state index in [9.17, 15) is 9.18 Å². The molecule has 0 atom stereocenters. The van der Waals surface area contributed by atoms with Crippen molar-refractivity contribution in [3.63, 3.8) is 0 Å². The molecular formula is C14H17FN2O2. The fourth-order valence-corrected chi connectivity index (χ4v) is 1.78. The molecule has 1 rings (SSSR count). The SMILES string of the molecule is CC/C(=C/N)C(=NC)c1cc(F)cc(C(=O)OC)c1. The van der Waals surface area contributed by atoms with Gasteiger partial charge in [0.25, 0.3) is 0 Å². The standard InChI is InChI=1S/C14H17FN2O2/c1-4-9(8-16)13(17-2)10-5-11(14(18)19-3)7-12(15)6-10/h5-8H,4,16H2,1-3H3/b9-8-,17-13?. The molecule has 0 aromatic heterocycles. The van der Waals surface area contributed by atoms with Gasteiger partial charge in [-0.2, -0.15) is 0 Å². The summed E-state index contributed by atoms with van der Waals surface area (Å²) in [5, 5.41) is 0. The van der Waals surface area contributed by atoms with Gasteiger partial charge in [0, 0.05) is 12.6 Å². The van der Waals surface area contributed by atoms with E-state index in [0.717, 1.165) is 11.6 Å². The summed E-state index contributed by atoms with van der Waals surface area (Å²) in [4.78, 5) is 15.6. The van der Waals surface area contributed by atoms with Crippen molar-refractivity contribution in [2.45, 2.75) is 13.3 Å². The summed E-state index contributed by atoms with van der Waals surface area (Å²) in [6.07, 6.45) is 2.10. The topological polar surface area (TPSA) is 64.7 Å². The number of allylic oxidation sites excluding steroid dienone is 1. The van der Waals surface area contributed by atoms with E-state index in [4.69, 9.17) is 5.73 Å². The molecule has 4 nitrogen and oxygen atoms in total. The van der Waals surface area contributed by atoms with Crippen LogP contribution in [-0.4, -0.2) is 25.8 Å². The molecule has 0 saturated heterocycles. The lowest BCUT2D eigenvalue weighted by Gasteiger charge is -2.10. The number of esters is 1. The van der Waals surface area contributed by atoms with E-state index in [-0.39, 0.29) is 5.56 Å². The summed E-state index contributed by atoms with van der Waals surface area (Å²) in [7, 11) is 2.84. The van der Waals surface area contributed by atoms with Gasteiger partial charge in [-0.15, -0.1) is 0 Å². The lowest BCUT2D eigenvalue weighted by atomic mass is 9.99. The highest BCUT2D eigenvalue weighted by Gasteiger charge is 2.14. The molecule has 0 aliphatic rings. The minimum Gasteiger partial charge on any atom is -0.465 e. The van der Waals surface area contributed by atoms with E-state index >= 15 is 0 Å². The number of carbonyl (C=O) groups excluding carboxylic acids is 1. The van der Waals surface area contributed by atoms with Crippen LogP contribution in [-0.2, 0) is 4.74 Å². The highest BCUT2D eigenvalue weighted by molar-refractivity contribution is 6.13. The Labute approximate surface area is 111 Å². The van der Waals surface area contributed by atoms with Crippen LogP contribution in [0.2, 0.25) is 0 Å². The second-order valence-corrected chi connectivity index (χ2v) is 3.84. The smallest absolute Gasteiger partial charge is 0.337 e. The largest absolute Gasteiger partial charge is 0.465 e. The van der Waals surface area contributed by atoms with Crippen LogP contribution in [0.4, 0.5) is 4.39 Å². The number of nitrogens with two attached hydrogens (primary N) is 1. The van der Waals surface area contributed by atoms with E-state index < -0.39 is 11.8 Å². The molecule has 0 radical (unpaired) electrons. The Morgan fingerprint density at radius 3 is 2.53 bits per heavy atom. The van der Waals surface area contributed by atoms with Crippen molar-refractivity contribution >= 4 is 11.7 Å². The van der Waals surface area contributed by atoms with Gasteiger partial charge in [0.2, 0.25) is 0 Å². The van der Waals surface area contributed by atoms with Crippen LogP contribution in [0.3, 0.4) is 0 Å². The summed E-state index contributed by atoms with van der Waals surface area (Å²) in [5.74, 6) is -1.11. The molecule has 0 saturated carbocycles. The third-order valence-electron chi connectivity index (χ3n) is 2.70. The molecule has 19 heavy (non-hydrogen) atoms. The molecular weight excluding hydrogens is 247 g/mol. The predicted octanol–water partition coefficient (Wildman–Crippen LogP) is 2.28. The van der Waals surface area contributed by atoms with Crippen LogP contribution < -0.4 is 5.73 Å². The Kier molecular flexibility index (Phi) is 5.23. The second kappa shape index (κ2) is 6.68. The Bertz CT molecular complexity index is 536. The number of benzene rings is 1. The first kappa shape index (κ1) is 14.9. The molecule has 0 fully saturated rings. The van der Waals surface area contributed by atoms with Crippen LogP contribution in [0.25, 0.3) is 0 Å². The maximum Gasteiger partial charge on any atom is 0.337 e. The van der Waals surface area contributed by atoms with E-state index in [1.165, 1.54) is 25.4 Å². The Balaban J connectivity index is 3.34. The number of methoxy groups -OCH3 is 1. The molecule has 0 bridgehead atoms. The molecule has 1 aromatic carbocycles. The van der Waals surface area contributed by atoms with E-state index in [1.54, 1.807) is 7.05 Å². The zero-order valence-electron chi connectivity index (χ0n) is 11.2. The number of ether oxygens (including phenoxy) is 1. The van der Waals surface area contributed by atoms with Gasteiger partial charge in [0.05, 0.1) is 18.4 Å². The van der Waals surface area contributed by atoms with E-state index in [2.05, 4.69) is 9.73 Å². The number of hydrogen-bond donors (Lipinski definition) is 1. The average Bonchev–Trinajstić information content (AvgIpc) is 2.42. The van der Waals surface area contributed by atoms with Crippen molar-refractivity contribution in [1.29, 1.82) is 0 Å². The number of aliphatic imine (C=N–C) groups is 1. The first-order chi connectivity index (χ1) is 9.07. The molecule has 0 unspecified atom stereocenters. The molecule has 0 aliphatic carbocycles. The number of rotatable bonds is 4. The van der Waals surface area contributed by atoms with Crippen LogP contribution in [0.1, 0.15) is 29.3 Å². The maximum atomic E-state index is 13.6. The fourth-order valence-electron chi connectivity index (χ4n) is 1.78. The van der Waals surface area contributed by atoms with Crippen molar-refractivity contribution in [2.75, 3.05) is 14.2 Å². The van der Waals surface area contributed by atoms with Gasteiger partial charge in [-0.25, -0.2) is 9.18 Å². The molecule has 1 aromatic rings. The average molecular weight is 264 g/mol. The van der Waals surface area contributed by atoms with Crippen molar-refractivity contribution < 1.29 is 13.9 Å². The molecule has 2 N–H and O–H groups in total. The molecule has 0 heterocycles. The van der Waals surface area contributed by atoms with Crippen molar-refractivity contribution in [1.82, 2.24) is 0 Å². The van der Waals surface area contributed by atoms with Crippen LogP contribution in [0.15, 0.2) is 35.0 Å². The van der Waals surface area contributed by atoms with Gasteiger partial charge in [-0.1, -0.05) is 6.92 Å². The van der Waals surface area contributed by atoms with Crippen LogP contribution >= 0.6 is 0 Å². The highest BCUT2D eigenvalue weighted by Crippen LogP contribution is 2.16. The Morgan fingerprint density at radius 2 is 2.05 bits per heavy atom. The number of carbonyl (C=O) groups is 1. The molecule has 0 amide bonds. The number of nitrogens with zero attached hydrogens (tertiary/aromatic N) is 1. The van der Waals surface area contributed by atoms with Crippen molar-refractivity contribution in [2.24, 2.45) is 10.7 Å². The second-order valence-electron chi connectivity index (χ2n) is 3.84. The maximum absolute atomic E-state index is 13.6. The normalized spacial score (nSPS) is 12.4. The number of halogens is 1. The Hall–Kier alpha value is -2.17. The molecule has 102 valence electrons. The summed E-state index contributed by atoms with van der Waals surface area (Å²) >= 11 is 0. The van der Waals surface area contributed by atoms with Gasteiger partial charge in [0.15, 0.2) is 0 Å². The van der Waals surface area contributed by atoms with Crippen LogP contribution in [0.5, 0.6) is 0 Å². The Morgan fingerprint density at radius 1 is 1.42 bits per heavy atom. The summed E-state index contributed by atoms with van der Waals surface area (Å²) in [5.41, 5.74) is 7.52. The van der Waals surface area contributed by atoms with Gasteiger partial charge >= 0.3 is 5.97 Å². The van der Waals surface area contributed by atoms with E-state index in [1.807, 2.05) is 6.92 Å². The zero-order valence-corrected chi connectivity index (χ0v) is 11.2. The van der Waals surface area contributed by atoms with Gasteiger partial charge in [-0.05, 0) is 36.4 Å². The molecule has 5 heteroatoms. The third-order valence-corrected chi connectivity index (χ3v) is 2.70. The summed E-state index contributed by atoms with van der Waals surface area (Å²) in [6.45, 7) is 1.92. The fraction of sp³-hybridized carbons (Fsp3) is 0.286. The first-order valence-electron chi connectivity index (χ1n) is 5.84. The van der Waals surface area contributed by atoms with E-state index in [0.29, 0.717) is 17.7 Å². The summed E-state index contributed by atoms with van der Waals surface area (Å²) in [6, 6.07) is 3.98. The summed E-state index contributed by atoms with van der Waals surface area (Å²) < 4.78 is 18.2. The van der Waals surface area contributed by atoms with Crippen molar-refractivity contribution in [3.05, 3.63) is 46.9 Å². The molecule has 0 spiro atoms. The monoisotopic (exact) mass is 264 g/mol. The first-order valence-corrected chi connectivity index (χ1v) is 5.84. The minimum absolute atomic E-state index is 0.145. The number of hydrogen-bond acceptors (Lipinski definition) is 4. The molecule has 0 aliphatic heterocycles. The quantitative estimate of drug-likeness (QED) is 0.670. The minimum atomic E-state index is -0.592. The lowest BCUT2D eigenvalue weighted by molar-refractivity contribution is 0.0600. The van der Waals surface area contributed by atoms with Crippen molar-refractivity contribution in [3.8, 4) is 0 Å². The van der Waals surface area contributed by atoms with Gasteiger partial charge in [-0.3, -0.25) is 4.99 Å². The van der Waals surface area contributed by atoms with Gasteiger partial charge in [0.1, 0.15) is 5.82 Å². The van der Waals surface area contributed by atoms with Gasteiger partial charge < -0.3 is 10.5 Å².